The number of carbonyl (C=O) groups is 1. The summed E-state index contributed by atoms with van der Waals surface area (Å²) >= 11 is 4.90. The summed E-state index contributed by atoms with van der Waals surface area (Å²) in [6.45, 7) is 7.70. The fraction of sp³-hybridized carbons (Fsp3) is 0.167. The maximum absolute atomic E-state index is 14.6. The Balaban J connectivity index is 1.47. The first-order chi connectivity index (χ1) is 24.7. The molecule has 0 radical (unpaired) electrons. The molecule has 2 aromatic heterocycles. The van der Waals surface area contributed by atoms with Gasteiger partial charge in [0.05, 0.1) is 45.9 Å². The van der Waals surface area contributed by atoms with Gasteiger partial charge in [0, 0.05) is 15.7 Å². The Labute approximate surface area is 308 Å². The predicted molar refractivity (Wildman–Crippen MR) is 207 cm³/mol. The maximum atomic E-state index is 14.6. The van der Waals surface area contributed by atoms with Gasteiger partial charge in [-0.25, -0.2) is 9.79 Å². The molecule has 0 spiro atoms. The molecule has 0 saturated heterocycles. The molecule has 7 nitrogen and oxygen atoms in total. The minimum atomic E-state index is -0.726. The predicted octanol–water partition coefficient (Wildman–Crippen LogP) is 8.47. The van der Waals surface area contributed by atoms with E-state index < -0.39 is 12.0 Å². The van der Waals surface area contributed by atoms with Crippen molar-refractivity contribution in [3.63, 3.8) is 0 Å². The molecular formula is C42H36BrN3O4S. The number of fused-ring (bicyclic) bond motifs is 1. The molecule has 0 N–H and O–H groups in total. The molecule has 0 amide bonds. The molecule has 4 aromatic carbocycles. The minimum Gasteiger partial charge on any atom is -0.491 e. The Morgan fingerprint density at radius 3 is 2.20 bits per heavy atom. The molecule has 6 aromatic rings. The van der Waals surface area contributed by atoms with E-state index in [0.29, 0.717) is 26.4 Å². The molecule has 0 unspecified atom stereocenters. The van der Waals surface area contributed by atoms with Gasteiger partial charge in [0.2, 0.25) is 0 Å². The summed E-state index contributed by atoms with van der Waals surface area (Å²) in [6.07, 6.45) is 1.96. The van der Waals surface area contributed by atoms with E-state index in [1.807, 2.05) is 92.7 Å². The SMILES string of the molecule is CCOC(=O)C1=C(C)N=c2s/c(=C\c3cc(-c4ccccc4)n(-c4ccc(Br)cc4)c3-c3ccccc3)c(=O)n2[C@H]1c1ccc(OC(C)C)cc1. The zero-order valence-electron chi connectivity index (χ0n) is 28.7. The third-order valence-electron chi connectivity index (χ3n) is 8.60. The third-order valence-corrected chi connectivity index (χ3v) is 10.1. The molecule has 51 heavy (non-hydrogen) atoms. The second-order valence-electron chi connectivity index (χ2n) is 12.4. The molecule has 1 aliphatic rings. The van der Waals surface area contributed by atoms with Gasteiger partial charge in [0.15, 0.2) is 4.80 Å². The molecule has 0 bridgehead atoms. The summed E-state index contributed by atoms with van der Waals surface area (Å²) < 4.78 is 16.7. The van der Waals surface area contributed by atoms with E-state index in [-0.39, 0.29) is 18.3 Å². The molecule has 7 rings (SSSR count). The van der Waals surface area contributed by atoms with Crippen LogP contribution in [0.3, 0.4) is 0 Å². The van der Waals surface area contributed by atoms with E-state index in [2.05, 4.69) is 63.0 Å². The Bertz CT molecular complexity index is 2430. The van der Waals surface area contributed by atoms with Gasteiger partial charge in [-0.3, -0.25) is 9.36 Å². The maximum Gasteiger partial charge on any atom is 0.338 e. The quantitative estimate of drug-likeness (QED) is 0.139. The van der Waals surface area contributed by atoms with Crippen LogP contribution in [0.4, 0.5) is 0 Å². The van der Waals surface area contributed by atoms with Crippen LogP contribution in [0.2, 0.25) is 0 Å². The fourth-order valence-electron chi connectivity index (χ4n) is 6.46. The van der Waals surface area contributed by atoms with Crippen LogP contribution in [0.5, 0.6) is 5.75 Å². The number of halogens is 1. The summed E-state index contributed by atoms with van der Waals surface area (Å²) in [6, 6.07) is 37.6. The lowest BCUT2D eigenvalue weighted by atomic mass is 9.96. The monoisotopic (exact) mass is 757 g/mol. The average molecular weight is 759 g/mol. The van der Waals surface area contributed by atoms with Gasteiger partial charge in [-0.05, 0) is 92.9 Å². The number of ether oxygens (including phenoxy) is 2. The molecular weight excluding hydrogens is 722 g/mol. The minimum absolute atomic E-state index is 0.00701. The van der Waals surface area contributed by atoms with Crippen molar-refractivity contribution >= 4 is 39.3 Å². The van der Waals surface area contributed by atoms with Crippen LogP contribution in [0.15, 0.2) is 141 Å². The Hall–Kier alpha value is -5.25. The Morgan fingerprint density at radius 2 is 1.57 bits per heavy atom. The van der Waals surface area contributed by atoms with Crippen LogP contribution in [-0.2, 0) is 9.53 Å². The molecule has 0 aliphatic carbocycles. The highest BCUT2D eigenvalue weighted by Gasteiger charge is 2.33. The third kappa shape index (κ3) is 6.79. The Kier molecular flexibility index (Phi) is 9.75. The van der Waals surface area contributed by atoms with Gasteiger partial charge in [-0.15, -0.1) is 0 Å². The van der Waals surface area contributed by atoms with Crippen LogP contribution >= 0.6 is 27.3 Å². The number of carbonyl (C=O) groups excluding carboxylic acids is 1. The van der Waals surface area contributed by atoms with Crippen molar-refractivity contribution in [2.45, 2.75) is 39.8 Å². The lowest BCUT2D eigenvalue weighted by Crippen LogP contribution is -2.39. The van der Waals surface area contributed by atoms with Gasteiger partial charge in [-0.1, -0.05) is 100 Å². The van der Waals surface area contributed by atoms with Crippen molar-refractivity contribution in [1.82, 2.24) is 9.13 Å². The first kappa shape index (κ1) is 34.2. The molecule has 256 valence electrons. The van der Waals surface area contributed by atoms with E-state index in [1.54, 1.807) is 18.4 Å². The summed E-state index contributed by atoms with van der Waals surface area (Å²) in [5.74, 6) is 0.212. The van der Waals surface area contributed by atoms with Gasteiger partial charge in [0.1, 0.15) is 5.75 Å². The van der Waals surface area contributed by atoms with E-state index in [1.165, 1.54) is 11.3 Å². The number of hydrogen-bond acceptors (Lipinski definition) is 6. The molecule has 3 heterocycles. The highest BCUT2D eigenvalue weighted by molar-refractivity contribution is 9.10. The molecule has 0 fully saturated rings. The fourth-order valence-corrected chi connectivity index (χ4v) is 7.76. The van der Waals surface area contributed by atoms with Crippen molar-refractivity contribution < 1.29 is 14.3 Å². The molecule has 0 saturated carbocycles. The van der Waals surface area contributed by atoms with E-state index in [9.17, 15) is 9.59 Å². The summed E-state index contributed by atoms with van der Waals surface area (Å²) in [4.78, 5) is 33.4. The molecule has 9 heteroatoms. The van der Waals surface area contributed by atoms with Crippen molar-refractivity contribution in [2.75, 3.05) is 6.61 Å². The van der Waals surface area contributed by atoms with E-state index >= 15 is 0 Å². The highest BCUT2D eigenvalue weighted by atomic mass is 79.9. The first-order valence-electron chi connectivity index (χ1n) is 16.8. The van der Waals surface area contributed by atoms with Crippen molar-refractivity contribution in [3.05, 3.63) is 162 Å². The normalized spacial score (nSPS) is 14.4. The first-order valence-corrected chi connectivity index (χ1v) is 18.4. The number of hydrogen-bond donors (Lipinski definition) is 0. The number of aromatic nitrogens is 2. The second-order valence-corrected chi connectivity index (χ2v) is 14.3. The van der Waals surface area contributed by atoms with Crippen molar-refractivity contribution in [2.24, 2.45) is 4.99 Å². The number of allylic oxidation sites excluding steroid dienone is 1. The van der Waals surface area contributed by atoms with Crippen LogP contribution in [-0.4, -0.2) is 27.8 Å². The lowest BCUT2D eigenvalue weighted by Gasteiger charge is -2.25. The summed E-state index contributed by atoms with van der Waals surface area (Å²) in [7, 11) is 0. The van der Waals surface area contributed by atoms with Gasteiger partial charge in [-0.2, -0.15) is 0 Å². The number of benzene rings is 4. The highest BCUT2D eigenvalue weighted by Crippen LogP contribution is 2.37. The number of nitrogens with zero attached hydrogens (tertiary/aromatic N) is 3. The molecule has 1 aliphatic heterocycles. The van der Waals surface area contributed by atoms with Crippen molar-refractivity contribution in [1.29, 1.82) is 0 Å². The Morgan fingerprint density at radius 1 is 0.922 bits per heavy atom. The summed E-state index contributed by atoms with van der Waals surface area (Å²) in [5, 5.41) is 0. The zero-order chi connectivity index (χ0) is 35.6. The lowest BCUT2D eigenvalue weighted by molar-refractivity contribution is -0.139. The molecule has 1 atom stereocenters. The van der Waals surface area contributed by atoms with Gasteiger partial charge < -0.3 is 14.0 Å². The van der Waals surface area contributed by atoms with Crippen molar-refractivity contribution in [3.8, 4) is 34.0 Å². The number of thiazole rings is 1. The average Bonchev–Trinajstić information content (AvgIpc) is 3.65. The largest absolute Gasteiger partial charge is 0.491 e. The zero-order valence-corrected chi connectivity index (χ0v) is 31.1. The second kappa shape index (κ2) is 14.5. The topological polar surface area (TPSA) is 74.8 Å². The standard InChI is InChI=1S/C42H36BrN3O4S/c1-5-49-41(48)37-27(4)44-42-46(39(37)30-16-22-34(23-17-30)50-26(2)3)40(47)36(51-42)25-31-24-35(28-12-8-6-9-13-28)45(33-20-18-32(43)19-21-33)38(31)29-14-10-7-11-15-29/h6-26,39H,5H2,1-4H3/b36-25-/t39-/m0/s1. The smallest absolute Gasteiger partial charge is 0.338 e. The van der Waals surface area contributed by atoms with E-state index in [4.69, 9.17) is 14.5 Å². The van der Waals surface area contributed by atoms with Crippen LogP contribution < -0.4 is 19.6 Å². The van der Waals surface area contributed by atoms with Gasteiger partial charge >= 0.3 is 5.97 Å². The van der Waals surface area contributed by atoms with E-state index in [0.717, 1.165) is 43.8 Å². The van der Waals surface area contributed by atoms with Gasteiger partial charge in [0.25, 0.3) is 5.56 Å². The number of rotatable bonds is 9. The van der Waals surface area contributed by atoms with Crippen LogP contribution in [0.1, 0.15) is 44.9 Å². The van der Waals surface area contributed by atoms with Crippen LogP contribution in [0.25, 0.3) is 34.3 Å². The summed E-state index contributed by atoms with van der Waals surface area (Å²) in [5.41, 5.74) is 7.21. The van der Waals surface area contributed by atoms with Crippen LogP contribution in [0, 0.1) is 0 Å². The number of esters is 1.